The van der Waals surface area contributed by atoms with E-state index in [-0.39, 0.29) is 17.8 Å². The molecule has 0 bridgehead atoms. The summed E-state index contributed by atoms with van der Waals surface area (Å²) in [6.45, 7) is 4.40. The van der Waals surface area contributed by atoms with Gasteiger partial charge in [0.15, 0.2) is 11.4 Å². The van der Waals surface area contributed by atoms with E-state index in [9.17, 15) is 9.59 Å². The maximum Gasteiger partial charge on any atom is 0.342 e. The first-order valence-electron chi connectivity index (χ1n) is 7.28. The molecule has 3 heterocycles. The molecule has 0 atom stereocenters. The predicted molar refractivity (Wildman–Crippen MR) is 89.0 cm³/mol. The highest BCUT2D eigenvalue weighted by molar-refractivity contribution is 7.09. The molecule has 3 aromatic rings. The molecule has 7 nitrogen and oxygen atoms in total. The van der Waals surface area contributed by atoms with Gasteiger partial charge < -0.3 is 9.84 Å². The van der Waals surface area contributed by atoms with Crippen LogP contribution in [-0.4, -0.2) is 25.4 Å². The summed E-state index contributed by atoms with van der Waals surface area (Å²) in [7, 11) is 0. The number of carboxylic acids is 1. The normalized spacial score (nSPS) is 11.1. The number of aromatic nitrogens is 3. The second-order valence-corrected chi connectivity index (χ2v) is 6.40. The van der Waals surface area contributed by atoms with Crippen LogP contribution in [0.25, 0.3) is 5.65 Å². The molecule has 0 amide bonds. The lowest BCUT2D eigenvalue weighted by atomic mass is 10.2. The Morgan fingerprint density at radius 2 is 2.25 bits per heavy atom. The maximum atomic E-state index is 12.2. The first kappa shape index (κ1) is 16.1. The van der Waals surface area contributed by atoms with Gasteiger partial charge in [0.05, 0.1) is 5.69 Å². The Morgan fingerprint density at radius 1 is 1.46 bits per heavy atom. The lowest BCUT2D eigenvalue weighted by Crippen LogP contribution is -2.22. The molecule has 0 spiro atoms. The highest BCUT2D eigenvalue weighted by Gasteiger charge is 2.14. The van der Waals surface area contributed by atoms with E-state index in [1.54, 1.807) is 12.1 Å². The van der Waals surface area contributed by atoms with Gasteiger partial charge in [0, 0.05) is 17.8 Å². The van der Waals surface area contributed by atoms with Crippen molar-refractivity contribution >= 4 is 23.0 Å². The second kappa shape index (κ2) is 6.40. The number of hydrogen-bond donors (Lipinski definition) is 1. The van der Waals surface area contributed by atoms with Crippen molar-refractivity contribution in [3.05, 3.63) is 56.5 Å². The molecule has 3 aromatic heterocycles. The van der Waals surface area contributed by atoms with Gasteiger partial charge in [0.2, 0.25) is 0 Å². The summed E-state index contributed by atoms with van der Waals surface area (Å²) in [5.74, 6) is -0.563. The third kappa shape index (κ3) is 3.00. The first-order valence-corrected chi connectivity index (χ1v) is 8.16. The molecule has 0 aliphatic rings. The third-order valence-corrected chi connectivity index (χ3v) is 4.28. The van der Waals surface area contributed by atoms with Crippen molar-refractivity contribution in [2.75, 3.05) is 0 Å². The van der Waals surface area contributed by atoms with Crippen LogP contribution >= 0.6 is 11.3 Å². The Bertz CT molecular complexity index is 961. The SMILES string of the molecule is CC(C)c1csc(COc2cccn3c(=O)c(C(=O)O)cnc23)n1. The van der Waals surface area contributed by atoms with Gasteiger partial charge in [-0.2, -0.15) is 0 Å². The molecule has 1 N–H and O–H groups in total. The van der Waals surface area contributed by atoms with Crippen molar-refractivity contribution in [2.24, 2.45) is 0 Å². The van der Waals surface area contributed by atoms with Crippen molar-refractivity contribution in [2.45, 2.75) is 26.4 Å². The molecule has 0 aliphatic heterocycles. The van der Waals surface area contributed by atoms with Crippen LogP contribution in [0.1, 0.15) is 40.8 Å². The Hall–Kier alpha value is -2.74. The molecular weight excluding hydrogens is 330 g/mol. The lowest BCUT2D eigenvalue weighted by Gasteiger charge is -2.08. The van der Waals surface area contributed by atoms with E-state index in [1.165, 1.54) is 21.9 Å². The number of rotatable bonds is 5. The van der Waals surface area contributed by atoms with Crippen molar-refractivity contribution in [3.63, 3.8) is 0 Å². The fourth-order valence-corrected chi connectivity index (χ4v) is 3.00. The number of carboxylic acid groups (broad SMARTS) is 1. The van der Waals surface area contributed by atoms with E-state index in [2.05, 4.69) is 23.8 Å². The zero-order chi connectivity index (χ0) is 17.3. The van der Waals surface area contributed by atoms with Crippen LogP contribution in [0, 0.1) is 0 Å². The van der Waals surface area contributed by atoms with Crippen LogP contribution in [0.4, 0.5) is 0 Å². The Morgan fingerprint density at radius 3 is 2.92 bits per heavy atom. The van der Waals surface area contributed by atoms with Gasteiger partial charge in [-0.25, -0.2) is 14.8 Å². The van der Waals surface area contributed by atoms with Gasteiger partial charge in [-0.3, -0.25) is 9.20 Å². The molecule has 0 aliphatic carbocycles. The molecule has 0 saturated carbocycles. The quantitative estimate of drug-likeness (QED) is 0.764. The standard InChI is InChI=1S/C16H15N3O4S/c1-9(2)11-8-24-13(18-11)7-23-12-4-3-5-19-14(12)17-6-10(15(19)20)16(21)22/h3-6,8-9H,7H2,1-2H3,(H,21,22). The molecule has 0 fully saturated rings. The monoisotopic (exact) mass is 345 g/mol. The van der Waals surface area contributed by atoms with Crippen LogP contribution in [-0.2, 0) is 6.61 Å². The van der Waals surface area contributed by atoms with Crippen molar-refractivity contribution in [1.82, 2.24) is 14.4 Å². The second-order valence-electron chi connectivity index (χ2n) is 5.46. The summed E-state index contributed by atoms with van der Waals surface area (Å²) < 4.78 is 6.90. The Balaban J connectivity index is 1.91. The van der Waals surface area contributed by atoms with E-state index in [0.29, 0.717) is 11.7 Å². The molecule has 3 rings (SSSR count). The highest BCUT2D eigenvalue weighted by atomic mass is 32.1. The molecule has 0 radical (unpaired) electrons. The fourth-order valence-electron chi connectivity index (χ4n) is 2.14. The zero-order valence-corrected chi connectivity index (χ0v) is 13.9. The van der Waals surface area contributed by atoms with Gasteiger partial charge in [0.1, 0.15) is 17.2 Å². The maximum absolute atomic E-state index is 12.2. The molecule has 0 unspecified atom stereocenters. The molecular formula is C16H15N3O4S. The van der Waals surface area contributed by atoms with Gasteiger partial charge in [-0.15, -0.1) is 11.3 Å². The summed E-state index contributed by atoms with van der Waals surface area (Å²) in [5, 5.41) is 11.8. The Kier molecular flexibility index (Phi) is 4.30. The minimum atomic E-state index is -1.31. The number of carbonyl (C=O) groups is 1. The number of aromatic carboxylic acids is 1. The van der Waals surface area contributed by atoms with Crippen LogP contribution in [0.15, 0.2) is 34.7 Å². The van der Waals surface area contributed by atoms with E-state index in [4.69, 9.17) is 9.84 Å². The Labute approximate surface area is 141 Å². The van der Waals surface area contributed by atoms with Gasteiger partial charge in [0.25, 0.3) is 5.56 Å². The number of pyridine rings is 1. The van der Waals surface area contributed by atoms with E-state index < -0.39 is 11.5 Å². The number of nitrogens with zero attached hydrogens (tertiary/aromatic N) is 3. The van der Waals surface area contributed by atoms with Crippen molar-refractivity contribution in [1.29, 1.82) is 0 Å². The summed E-state index contributed by atoms with van der Waals surface area (Å²) >= 11 is 1.51. The molecule has 0 saturated heterocycles. The summed E-state index contributed by atoms with van der Waals surface area (Å²) in [6, 6.07) is 3.29. The van der Waals surface area contributed by atoms with Crippen LogP contribution < -0.4 is 10.3 Å². The molecule has 124 valence electrons. The summed E-state index contributed by atoms with van der Waals surface area (Å²) in [4.78, 5) is 31.7. The van der Waals surface area contributed by atoms with Gasteiger partial charge in [-0.1, -0.05) is 13.8 Å². The zero-order valence-electron chi connectivity index (χ0n) is 13.1. The largest absolute Gasteiger partial charge is 0.483 e. The van der Waals surface area contributed by atoms with Crippen molar-refractivity contribution < 1.29 is 14.6 Å². The number of fused-ring (bicyclic) bond motifs is 1. The number of ether oxygens (including phenoxy) is 1. The summed E-state index contributed by atoms with van der Waals surface area (Å²) in [5.41, 5.74) is 0.255. The smallest absolute Gasteiger partial charge is 0.342 e. The third-order valence-electron chi connectivity index (χ3n) is 3.44. The average molecular weight is 345 g/mol. The van der Waals surface area contributed by atoms with Gasteiger partial charge >= 0.3 is 5.97 Å². The first-order chi connectivity index (χ1) is 11.5. The van der Waals surface area contributed by atoms with Crippen LogP contribution in [0.2, 0.25) is 0 Å². The summed E-state index contributed by atoms with van der Waals surface area (Å²) in [6.07, 6.45) is 2.51. The highest BCUT2D eigenvalue weighted by Crippen LogP contribution is 2.21. The van der Waals surface area contributed by atoms with Crippen molar-refractivity contribution in [3.8, 4) is 5.75 Å². The number of hydrogen-bond acceptors (Lipinski definition) is 6. The average Bonchev–Trinajstić information content (AvgIpc) is 3.02. The van der Waals surface area contributed by atoms with E-state index in [0.717, 1.165) is 16.9 Å². The lowest BCUT2D eigenvalue weighted by molar-refractivity contribution is 0.0694. The van der Waals surface area contributed by atoms with E-state index >= 15 is 0 Å². The molecule has 24 heavy (non-hydrogen) atoms. The fraction of sp³-hybridized carbons (Fsp3) is 0.250. The molecule has 0 aromatic carbocycles. The topological polar surface area (TPSA) is 93.8 Å². The van der Waals surface area contributed by atoms with Gasteiger partial charge in [-0.05, 0) is 18.1 Å². The van der Waals surface area contributed by atoms with Crippen LogP contribution in [0.5, 0.6) is 5.75 Å². The minimum Gasteiger partial charge on any atom is -0.483 e. The van der Waals surface area contributed by atoms with E-state index in [1.807, 2.05) is 5.38 Å². The number of thiazole rings is 1. The van der Waals surface area contributed by atoms with Crippen LogP contribution in [0.3, 0.4) is 0 Å². The minimum absolute atomic E-state index is 0.258. The molecule has 8 heteroatoms. The predicted octanol–water partition coefficient (Wildman–Crippen LogP) is 2.55.